The van der Waals surface area contributed by atoms with Gasteiger partial charge in [-0.1, -0.05) is 0 Å². The summed E-state index contributed by atoms with van der Waals surface area (Å²) in [6.45, 7) is 3.07. The van der Waals surface area contributed by atoms with Gasteiger partial charge in [0, 0.05) is 0 Å². The van der Waals surface area contributed by atoms with Gasteiger partial charge in [0.25, 0.3) is 0 Å². The predicted octanol–water partition coefficient (Wildman–Crippen LogP) is 2.18. The first-order valence-electron chi connectivity index (χ1n) is 10.5. The zero-order chi connectivity index (χ0) is 24.0. The number of aliphatic hydroxyl groups excluding tert-OH is 2. The van der Waals surface area contributed by atoms with E-state index in [0.29, 0.717) is 22.8 Å². The normalized spacial score (nSPS) is 21.2. The van der Waals surface area contributed by atoms with Crippen LogP contribution in [0.25, 0.3) is 0 Å². The topological polar surface area (TPSA) is 113 Å². The molecule has 0 amide bonds. The van der Waals surface area contributed by atoms with Crippen molar-refractivity contribution in [3.8, 4) is 17.2 Å². The van der Waals surface area contributed by atoms with Gasteiger partial charge in [0.05, 0.1) is 19.8 Å². The fourth-order valence-electron chi connectivity index (χ4n) is 3.42. The second-order valence-electron chi connectivity index (χ2n) is 8.01. The zero-order valence-corrected chi connectivity index (χ0v) is 19.1. The van der Waals surface area contributed by atoms with Gasteiger partial charge in [-0.05, 0) is 62.4 Å². The van der Waals surface area contributed by atoms with E-state index in [-0.39, 0.29) is 6.61 Å². The van der Waals surface area contributed by atoms with Crippen LogP contribution < -0.4 is 14.2 Å². The second-order valence-corrected chi connectivity index (χ2v) is 8.01. The van der Waals surface area contributed by atoms with E-state index in [4.69, 9.17) is 28.4 Å². The molecule has 9 nitrogen and oxygen atoms in total. The standard InChI is InChI=1S/C24H30O9/c1-24(2)32-20(14-30-18-11-9-17(29-4)10-12-18)22(33-24)21(26)19(25)13-31-23(27)15-5-7-16(28-3)8-6-15/h5-12,19-22,25-26H,13-14H2,1-4H3/t19-,20+,21+,22-/m0/s1. The maximum absolute atomic E-state index is 12.2. The van der Waals surface area contributed by atoms with Gasteiger partial charge in [-0.2, -0.15) is 0 Å². The molecule has 1 aliphatic heterocycles. The van der Waals surface area contributed by atoms with Crippen LogP contribution in [0, 0.1) is 0 Å². The van der Waals surface area contributed by atoms with E-state index in [1.807, 2.05) is 0 Å². The number of ether oxygens (including phenoxy) is 6. The van der Waals surface area contributed by atoms with Crippen molar-refractivity contribution in [2.75, 3.05) is 27.4 Å². The minimum absolute atomic E-state index is 0.0792. The van der Waals surface area contributed by atoms with Crippen molar-refractivity contribution in [3.05, 3.63) is 54.1 Å². The van der Waals surface area contributed by atoms with Crippen molar-refractivity contribution in [1.29, 1.82) is 0 Å². The summed E-state index contributed by atoms with van der Waals surface area (Å²) < 4.78 is 32.8. The van der Waals surface area contributed by atoms with Crippen molar-refractivity contribution in [2.24, 2.45) is 0 Å². The summed E-state index contributed by atoms with van der Waals surface area (Å²) in [6.07, 6.45) is -4.32. The van der Waals surface area contributed by atoms with E-state index in [0.717, 1.165) is 0 Å². The van der Waals surface area contributed by atoms with Crippen LogP contribution in [0.4, 0.5) is 0 Å². The molecule has 9 heteroatoms. The Kier molecular flexibility index (Phi) is 8.15. The van der Waals surface area contributed by atoms with E-state index in [2.05, 4.69) is 0 Å². The highest BCUT2D eigenvalue weighted by Gasteiger charge is 2.47. The minimum Gasteiger partial charge on any atom is -0.497 e. The van der Waals surface area contributed by atoms with E-state index >= 15 is 0 Å². The summed E-state index contributed by atoms with van der Waals surface area (Å²) in [4.78, 5) is 12.2. The highest BCUT2D eigenvalue weighted by Crippen LogP contribution is 2.31. The highest BCUT2D eigenvalue weighted by molar-refractivity contribution is 5.89. The summed E-state index contributed by atoms with van der Waals surface area (Å²) in [5, 5.41) is 21.2. The lowest BCUT2D eigenvalue weighted by Gasteiger charge is -2.26. The lowest BCUT2D eigenvalue weighted by atomic mass is 10.0. The fourth-order valence-corrected chi connectivity index (χ4v) is 3.42. The van der Waals surface area contributed by atoms with Gasteiger partial charge in [-0.25, -0.2) is 4.79 Å². The molecule has 0 radical (unpaired) electrons. The molecule has 1 aliphatic rings. The van der Waals surface area contributed by atoms with Gasteiger partial charge in [0.15, 0.2) is 5.79 Å². The van der Waals surface area contributed by atoms with Crippen molar-refractivity contribution in [3.63, 3.8) is 0 Å². The Labute approximate surface area is 192 Å². The molecule has 2 aromatic carbocycles. The molecule has 1 fully saturated rings. The van der Waals surface area contributed by atoms with Crippen LogP contribution in [-0.2, 0) is 14.2 Å². The first-order chi connectivity index (χ1) is 15.7. The molecule has 0 bridgehead atoms. The summed E-state index contributed by atoms with van der Waals surface area (Å²) in [5.74, 6) is 0.271. The monoisotopic (exact) mass is 462 g/mol. The average Bonchev–Trinajstić information content (AvgIpc) is 3.15. The van der Waals surface area contributed by atoms with Crippen LogP contribution in [0.3, 0.4) is 0 Å². The number of aliphatic hydroxyl groups is 2. The molecule has 2 N–H and O–H groups in total. The summed E-state index contributed by atoms with van der Waals surface area (Å²) in [5.41, 5.74) is 0.296. The predicted molar refractivity (Wildman–Crippen MR) is 118 cm³/mol. The lowest BCUT2D eigenvalue weighted by Crippen LogP contribution is -2.47. The Morgan fingerprint density at radius 3 is 2.06 bits per heavy atom. The number of carbonyl (C=O) groups excluding carboxylic acids is 1. The van der Waals surface area contributed by atoms with Crippen molar-refractivity contribution >= 4 is 5.97 Å². The third-order valence-electron chi connectivity index (χ3n) is 5.14. The molecule has 4 atom stereocenters. The van der Waals surface area contributed by atoms with Crippen LogP contribution in [0.2, 0.25) is 0 Å². The minimum atomic E-state index is -1.39. The molecule has 0 saturated carbocycles. The molecule has 0 spiro atoms. The number of methoxy groups -OCH3 is 2. The number of rotatable bonds is 10. The number of esters is 1. The molecule has 0 aliphatic carbocycles. The van der Waals surface area contributed by atoms with Crippen molar-refractivity contribution < 1.29 is 43.4 Å². The molecule has 1 heterocycles. The van der Waals surface area contributed by atoms with E-state index in [9.17, 15) is 15.0 Å². The second kappa shape index (κ2) is 10.8. The largest absolute Gasteiger partial charge is 0.497 e. The van der Waals surface area contributed by atoms with Crippen LogP contribution in [-0.4, -0.2) is 73.8 Å². The molecule has 1 saturated heterocycles. The average molecular weight is 462 g/mol. The Hall–Kier alpha value is -2.85. The van der Waals surface area contributed by atoms with Gasteiger partial charge in [0.1, 0.15) is 54.9 Å². The van der Waals surface area contributed by atoms with Crippen LogP contribution in [0.5, 0.6) is 17.2 Å². The van der Waals surface area contributed by atoms with Gasteiger partial charge in [-0.3, -0.25) is 0 Å². The van der Waals surface area contributed by atoms with Gasteiger partial charge >= 0.3 is 5.97 Å². The Bertz CT molecular complexity index is 895. The zero-order valence-electron chi connectivity index (χ0n) is 19.1. The molecule has 2 aromatic rings. The highest BCUT2D eigenvalue weighted by atomic mass is 16.8. The van der Waals surface area contributed by atoms with E-state index in [1.165, 1.54) is 7.11 Å². The number of hydrogen-bond acceptors (Lipinski definition) is 9. The van der Waals surface area contributed by atoms with Crippen LogP contribution >= 0.6 is 0 Å². The van der Waals surface area contributed by atoms with E-state index < -0.39 is 42.8 Å². The van der Waals surface area contributed by atoms with Crippen molar-refractivity contribution in [1.82, 2.24) is 0 Å². The Balaban J connectivity index is 1.56. The number of hydrogen-bond donors (Lipinski definition) is 2. The molecule has 0 aromatic heterocycles. The summed E-state index contributed by atoms with van der Waals surface area (Å²) in [6, 6.07) is 13.4. The third kappa shape index (κ3) is 6.58. The first kappa shape index (κ1) is 24.8. The maximum atomic E-state index is 12.2. The Morgan fingerprint density at radius 2 is 1.48 bits per heavy atom. The molecule has 3 rings (SSSR count). The maximum Gasteiger partial charge on any atom is 0.338 e. The summed E-state index contributed by atoms with van der Waals surface area (Å²) >= 11 is 0. The van der Waals surface area contributed by atoms with Crippen LogP contribution in [0.15, 0.2) is 48.5 Å². The lowest BCUT2D eigenvalue weighted by molar-refractivity contribution is -0.165. The van der Waals surface area contributed by atoms with Gasteiger partial charge in [0.2, 0.25) is 0 Å². The molecular weight excluding hydrogens is 432 g/mol. The quantitative estimate of drug-likeness (QED) is 0.513. The SMILES string of the molecule is COc1ccc(OC[C@H]2OC(C)(C)O[C@@H]2[C@H](O)[C@@H](O)COC(=O)c2ccc(OC)cc2)cc1. The first-order valence-corrected chi connectivity index (χ1v) is 10.5. The summed E-state index contributed by atoms with van der Waals surface area (Å²) in [7, 11) is 3.10. The number of carbonyl (C=O) groups is 1. The Morgan fingerprint density at radius 1 is 0.939 bits per heavy atom. The third-order valence-corrected chi connectivity index (χ3v) is 5.14. The molecule has 0 unspecified atom stereocenters. The van der Waals surface area contributed by atoms with E-state index in [1.54, 1.807) is 69.5 Å². The molecular formula is C24H30O9. The smallest absolute Gasteiger partial charge is 0.338 e. The molecule has 180 valence electrons. The van der Waals surface area contributed by atoms with Crippen LogP contribution in [0.1, 0.15) is 24.2 Å². The number of benzene rings is 2. The van der Waals surface area contributed by atoms with Crippen molar-refractivity contribution in [2.45, 2.75) is 44.1 Å². The van der Waals surface area contributed by atoms with Gasteiger partial charge < -0.3 is 38.6 Å². The fraction of sp³-hybridized carbons (Fsp3) is 0.458. The van der Waals surface area contributed by atoms with Gasteiger partial charge in [-0.15, -0.1) is 0 Å². The molecule has 33 heavy (non-hydrogen) atoms.